The zero-order valence-corrected chi connectivity index (χ0v) is 13.8. The van der Waals surface area contributed by atoms with Crippen molar-refractivity contribution in [2.24, 2.45) is 0 Å². The number of carbonyl (C=O) groups is 1. The Morgan fingerprint density at radius 3 is 2.68 bits per heavy atom. The second kappa shape index (κ2) is 7.21. The van der Waals surface area contributed by atoms with Crippen molar-refractivity contribution >= 4 is 15.9 Å². The zero-order chi connectivity index (χ0) is 16.2. The maximum Gasteiger partial charge on any atom is 0.240 e. The number of benzene rings is 1. The fraction of sp³-hybridized carbons (Fsp3) is 0.533. The number of piperazine rings is 1. The molecule has 7 heteroatoms. The fourth-order valence-corrected chi connectivity index (χ4v) is 3.58. The van der Waals surface area contributed by atoms with Crippen LogP contribution in [0.25, 0.3) is 0 Å². The predicted octanol–water partition coefficient (Wildman–Crippen LogP) is 0.564. The van der Waals surface area contributed by atoms with Crippen molar-refractivity contribution in [2.45, 2.75) is 37.2 Å². The molecule has 1 aliphatic heterocycles. The number of sulfonamides is 1. The van der Waals surface area contributed by atoms with Gasteiger partial charge < -0.3 is 10.2 Å². The molecule has 1 saturated heterocycles. The van der Waals surface area contributed by atoms with Crippen LogP contribution in [0.5, 0.6) is 0 Å². The van der Waals surface area contributed by atoms with E-state index in [1.807, 2.05) is 18.7 Å². The lowest BCUT2D eigenvalue weighted by molar-refractivity contribution is -0.134. The van der Waals surface area contributed by atoms with Gasteiger partial charge in [0.25, 0.3) is 0 Å². The number of nitrogens with zero attached hydrogens (tertiary/aromatic N) is 1. The Balaban J connectivity index is 1.87. The van der Waals surface area contributed by atoms with E-state index in [1.165, 1.54) is 12.1 Å². The molecule has 6 nitrogen and oxygen atoms in total. The molecule has 2 rings (SSSR count). The molecule has 22 heavy (non-hydrogen) atoms. The van der Waals surface area contributed by atoms with Crippen LogP contribution in [0.15, 0.2) is 35.2 Å². The van der Waals surface area contributed by atoms with Crippen molar-refractivity contribution in [1.29, 1.82) is 0 Å². The first-order valence-corrected chi connectivity index (χ1v) is 8.97. The first-order valence-electron chi connectivity index (χ1n) is 7.49. The minimum absolute atomic E-state index is 0.0170. The van der Waals surface area contributed by atoms with E-state index in [0.717, 1.165) is 6.54 Å². The standard InChI is InChI=1S/C15H23N3O3S/c1-12-13(2)18(11-10-16-12)15(19)8-9-17-22(20,21)14-6-4-3-5-7-14/h3-7,12-13,16-17H,8-11H2,1-2H3. The van der Waals surface area contributed by atoms with E-state index in [1.54, 1.807) is 18.2 Å². The number of hydrogen-bond acceptors (Lipinski definition) is 4. The largest absolute Gasteiger partial charge is 0.337 e. The maximum atomic E-state index is 12.2. The highest BCUT2D eigenvalue weighted by Crippen LogP contribution is 2.11. The molecule has 2 N–H and O–H groups in total. The molecular weight excluding hydrogens is 302 g/mol. The van der Waals surface area contributed by atoms with Crippen molar-refractivity contribution in [3.8, 4) is 0 Å². The zero-order valence-electron chi connectivity index (χ0n) is 13.0. The van der Waals surface area contributed by atoms with Gasteiger partial charge in [-0.15, -0.1) is 0 Å². The van der Waals surface area contributed by atoms with Crippen LogP contribution in [0.1, 0.15) is 20.3 Å². The first kappa shape index (κ1) is 16.9. The summed E-state index contributed by atoms with van der Waals surface area (Å²) in [7, 11) is -3.54. The summed E-state index contributed by atoms with van der Waals surface area (Å²) in [6.07, 6.45) is 0.170. The van der Waals surface area contributed by atoms with Crippen LogP contribution >= 0.6 is 0 Å². The van der Waals surface area contributed by atoms with Gasteiger partial charge in [0.05, 0.1) is 4.90 Å². The summed E-state index contributed by atoms with van der Waals surface area (Å²) in [5.74, 6) is -0.0170. The quantitative estimate of drug-likeness (QED) is 0.829. The Kier molecular flexibility index (Phi) is 5.55. The molecule has 1 heterocycles. The molecule has 2 atom stereocenters. The van der Waals surface area contributed by atoms with E-state index in [4.69, 9.17) is 0 Å². The van der Waals surface area contributed by atoms with Gasteiger partial charge in [0.2, 0.25) is 15.9 Å². The molecular formula is C15H23N3O3S. The average Bonchev–Trinajstić information content (AvgIpc) is 2.50. The van der Waals surface area contributed by atoms with Gasteiger partial charge in [-0.3, -0.25) is 4.79 Å². The van der Waals surface area contributed by atoms with Gasteiger partial charge in [0, 0.05) is 38.1 Å². The monoisotopic (exact) mass is 325 g/mol. The molecule has 0 aromatic heterocycles. The van der Waals surface area contributed by atoms with E-state index >= 15 is 0 Å². The third-order valence-electron chi connectivity index (χ3n) is 4.04. The summed E-state index contributed by atoms with van der Waals surface area (Å²) in [6, 6.07) is 8.53. The lowest BCUT2D eigenvalue weighted by Crippen LogP contribution is -2.57. The fourth-order valence-electron chi connectivity index (χ4n) is 2.53. The molecule has 1 aliphatic rings. The number of hydrogen-bond donors (Lipinski definition) is 2. The predicted molar refractivity (Wildman–Crippen MR) is 84.9 cm³/mol. The van der Waals surface area contributed by atoms with Crippen molar-refractivity contribution in [2.75, 3.05) is 19.6 Å². The van der Waals surface area contributed by atoms with Crippen LogP contribution < -0.4 is 10.0 Å². The van der Waals surface area contributed by atoms with Crippen LogP contribution in [0.4, 0.5) is 0 Å². The molecule has 1 amide bonds. The lowest BCUT2D eigenvalue weighted by atomic mass is 10.1. The number of nitrogens with one attached hydrogen (secondary N) is 2. The van der Waals surface area contributed by atoms with Crippen molar-refractivity contribution in [3.05, 3.63) is 30.3 Å². The molecule has 2 unspecified atom stereocenters. The summed E-state index contributed by atoms with van der Waals surface area (Å²) in [6.45, 7) is 5.59. The Morgan fingerprint density at radius 2 is 2.00 bits per heavy atom. The molecule has 0 saturated carbocycles. The van der Waals surface area contributed by atoms with E-state index in [0.29, 0.717) is 6.54 Å². The normalized spacial score (nSPS) is 22.5. The van der Waals surface area contributed by atoms with E-state index in [9.17, 15) is 13.2 Å². The topological polar surface area (TPSA) is 78.5 Å². The Bertz CT molecular complexity index is 604. The van der Waals surface area contributed by atoms with E-state index < -0.39 is 10.0 Å². The smallest absolute Gasteiger partial charge is 0.240 e. The Labute approximate surface area is 131 Å². The molecule has 0 radical (unpaired) electrons. The van der Waals surface area contributed by atoms with Gasteiger partial charge in [-0.05, 0) is 26.0 Å². The minimum atomic E-state index is -3.54. The van der Waals surface area contributed by atoms with Crippen molar-refractivity contribution in [3.63, 3.8) is 0 Å². The second-order valence-corrected chi connectivity index (χ2v) is 7.30. The van der Waals surface area contributed by atoms with Gasteiger partial charge in [0.1, 0.15) is 0 Å². The highest BCUT2D eigenvalue weighted by molar-refractivity contribution is 7.89. The number of amides is 1. The highest BCUT2D eigenvalue weighted by Gasteiger charge is 2.27. The second-order valence-electron chi connectivity index (χ2n) is 5.53. The van der Waals surface area contributed by atoms with Gasteiger partial charge >= 0.3 is 0 Å². The number of carbonyl (C=O) groups excluding carboxylic acids is 1. The summed E-state index contributed by atoms with van der Waals surface area (Å²) in [4.78, 5) is 14.3. The SMILES string of the molecule is CC1NCCN(C(=O)CCNS(=O)(=O)c2ccccc2)C1C. The van der Waals surface area contributed by atoms with Crippen LogP contribution in [-0.4, -0.2) is 50.9 Å². The van der Waals surface area contributed by atoms with Crippen LogP contribution in [0, 0.1) is 0 Å². The molecule has 122 valence electrons. The van der Waals surface area contributed by atoms with Crippen LogP contribution in [0.2, 0.25) is 0 Å². The van der Waals surface area contributed by atoms with Gasteiger partial charge in [-0.25, -0.2) is 13.1 Å². The molecule has 1 aromatic carbocycles. The molecule has 1 aromatic rings. The van der Waals surface area contributed by atoms with Gasteiger partial charge in [-0.1, -0.05) is 18.2 Å². The summed E-state index contributed by atoms with van der Waals surface area (Å²) in [5, 5.41) is 3.31. The van der Waals surface area contributed by atoms with E-state index in [-0.39, 0.29) is 35.9 Å². The third-order valence-corrected chi connectivity index (χ3v) is 5.52. The summed E-state index contributed by atoms with van der Waals surface area (Å²) in [5.41, 5.74) is 0. The molecule has 0 bridgehead atoms. The molecule has 1 fully saturated rings. The average molecular weight is 325 g/mol. The highest BCUT2D eigenvalue weighted by atomic mass is 32.2. The lowest BCUT2D eigenvalue weighted by Gasteiger charge is -2.38. The summed E-state index contributed by atoms with van der Waals surface area (Å²) < 4.78 is 26.6. The number of rotatable bonds is 5. The van der Waals surface area contributed by atoms with Crippen molar-refractivity contribution in [1.82, 2.24) is 14.9 Å². The molecule has 0 spiro atoms. The van der Waals surface area contributed by atoms with Crippen LogP contribution in [0.3, 0.4) is 0 Å². The van der Waals surface area contributed by atoms with Gasteiger partial charge in [0.15, 0.2) is 0 Å². The van der Waals surface area contributed by atoms with Gasteiger partial charge in [-0.2, -0.15) is 0 Å². The van der Waals surface area contributed by atoms with Crippen LogP contribution in [-0.2, 0) is 14.8 Å². The van der Waals surface area contributed by atoms with Crippen molar-refractivity contribution < 1.29 is 13.2 Å². The molecule has 0 aliphatic carbocycles. The summed E-state index contributed by atoms with van der Waals surface area (Å²) >= 11 is 0. The maximum absolute atomic E-state index is 12.2. The van der Waals surface area contributed by atoms with E-state index in [2.05, 4.69) is 10.0 Å². The third kappa shape index (κ3) is 4.06. The first-order chi connectivity index (χ1) is 10.4. The Morgan fingerprint density at radius 1 is 1.32 bits per heavy atom. The Hall–Kier alpha value is -1.44. The minimum Gasteiger partial charge on any atom is -0.337 e.